The lowest BCUT2D eigenvalue weighted by molar-refractivity contribution is 0.248. The highest BCUT2D eigenvalue weighted by Gasteiger charge is 2.31. The topological polar surface area (TPSA) is 44.8 Å². The Morgan fingerprint density at radius 1 is 0.727 bits per heavy atom. The van der Waals surface area contributed by atoms with E-state index in [2.05, 4.69) is 0 Å². The second kappa shape index (κ2) is 6.55. The quantitative estimate of drug-likeness (QED) is 0.716. The third kappa shape index (κ3) is 3.52. The molecule has 0 aliphatic heterocycles. The first-order chi connectivity index (χ1) is 10.4. The largest absolute Gasteiger partial charge is 0.587 e. The molecular weight excluding hydrogens is 299 g/mol. The van der Waals surface area contributed by atoms with Crippen molar-refractivity contribution in [3.8, 4) is 11.5 Å². The van der Waals surface area contributed by atoms with Crippen LogP contribution in [0.1, 0.15) is 22.3 Å². The maximum Gasteiger partial charge on any atom is 0.587 e. The summed E-state index contributed by atoms with van der Waals surface area (Å²) in [5, 5.41) is 0. The summed E-state index contributed by atoms with van der Waals surface area (Å²) < 4.78 is 29.2. The van der Waals surface area contributed by atoms with Crippen LogP contribution in [0.15, 0.2) is 36.4 Å². The zero-order valence-electron chi connectivity index (χ0n) is 13.5. The Labute approximate surface area is 131 Å². The van der Waals surface area contributed by atoms with Crippen molar-refractivity contribution in [1.29, 1.82) is 0 Å². The standard InChI is InChI=1S/C17H21O4P/c1-12-8-6-9-13(2)16(12)20-22(18,19-5)21-17-14(3)10-7-11-15(17)4/h6-11H,1-5H3. The van der Waals surface area contributed by atoms with E-state index < -0.39 is 7.82 Å². The summed E-state index contributed by atoms with van der Waals surface area (Å²) in [7, 11) is -2.43. The molecule has 0 aliphatic carbocycles. The fourth-order valence-electron chi connectivity index (χ4n) is 2.20. The Balaban J connectivity index is 2.36. The van der Waals surface area contributed by atoms with Crippen LogP contribution in [-0.2, 0) is 9.09 Å². The van der Waals surface area contributed by atoms with E-state index in [9.17, 15) is 4.57 Å². The van der Waals surface area contributed by atoms with Gasteiger partial charge in [-0.2, -0.15) is 0 Å². The van der Waals surface area contributed by atoms with Crippen molar-refractivity contribution in [3.63, 3.8) is 0 Å². The average molecular weight is 320 g/mol. The number of phosphoric acid groups is 1. The molecular formula is C17H21O4P. The molecule has 0 N–H and O–H groups in total. The summed E-state index contributed by atoms with van der Waals surface area (Å²) in [4.78, 5) is 0. The molecule has 2 aromatic rings. The highest BCUT2D eigenvalue weighted by atomic mass is 31.2. The van der Waals surface area contributed by atoms with E-state index in [1.165, 1.54) is 7.11 Å². The predicted molar refractivity (Wildman–Crippen MR) is 87.7 cm³/mol. The number of hydrogen-bond donors (Lipinski definition) is 0. The van der Waals surface area contributed by atoms with Crippen LogP contribution in [-0.4, -0.2) is 7.11 Å². The van der Waals surface area contributed by atoms with Crippen molar-refractivity contribution >= 4 is 7.82 Å². The third-order valence-corrected chi connectivity index (χ3v) is 4.71. The van der Waals surface area contributed by atoms with Crippen molar-refractivity contribution in [3.05, 3.63) is 58.7 Å². The van der Waals surface area contributed by atoms with Gasteiger partial charge in [-0.25, -0.2) is 4.57 Å². The number of para-hydroxylation sites is 2. The fraction of sp³-hybridized carbons (Fsp3) is 0.294. The van der Waals surface area contributed by atoms with E-state index in [4.69, 9.17) is 13.6 Å². The monoisotopic (exact) mass is 320 g/mol. The molecule has 0 spiro atoms. The molecule has 0 aromatic heterocycles. The second-order valence-electron chi connectivity index (χ2n) is 5.25. The molecule has 5 heteroatoms. The fourth-order valence-corrected chi connectivity index (χ4v) is 3.41. The van der Waals surface area contributed by atoms with E-state index in [1.54, 1.807) is 0 Å². The van der Waals surface area contributed by atoms with E-state index >= 15 is 0 Å². The second-order valence-corrected chi connectivity index (χ2v) is 6.88. The number of hydrogen-bond acceptors (Lipinski definition) is 4. The van der Waals surface area contributed by atoms with E-state index in [0.717, 1.165) is 22.3 Å². The van der Waals surface area contributed by atoms with E-state index in [0.29, 0.717) is 11.5 Å². The first-order valence-electron chi connectivity index (χ1n) is 7.03. The van der Waals surface area contributed by atoms with Gasteiger partial charge in [0, 0.05) is 7.11 Å². The molecule has 0 unspecified atom stereocenters. The van der Waals surface area contributed by atoms with Crippen LogP contribution >= 0.6 is 7.82 Å². The highest BCUT2D eigenvalue weighted by Crippen LogP contribution is 2.51. The summed E-state index contributed by atoms with van der Waals surface area (Å²) in [6.07, 6.45) is 0. The van der Waals surface area contributed by atoms with Gasteiger partial charge in [-0.1, -0.05) is 36.4 Å². The van der Waals surface area contributed by atoms with Gasteiger partial charge in [-0.15, -0.1) is 0 Å². The predicted octanol–water partition coefficient (Wildman–Crippen LogP) is 5.13. The minimum Gasteiger partial charge on any atom is -0.395 e. The Hall–Kier alpha value is -1.77. The van der Waals surface area contributed by atoms with Gasteiger partial charge in [0.15, 0.2) is 0 Å². The van der Waals surface area contributed by atoms with Crippen LogP contribution in [0.2, 0.25) is 0 Å². The summed E-state index contributed by atoms with van der Waals surface area (Å²) in [6.45, 7) is 7.56. The summed E-state index contributed by atoms with van der Waals surface area (Å²) in [5.41, 5.74) is 3.51. The maximum atomic E-state index is 12.9. The minimum absolute atomic E-state index is 0.527. The Morgan fingerprint density at radius 2 is 1.05 bits per heavy atom. The molecule has 4 nitrogen and oxygen atoms in total. The van der Waals surface area contributed by atoms with Gasteiger partial charge >= 0.3 is 7.82 Å². The molecule has 2 rings (SSSR count). The molecule has 0 heterocycles. The lowest BCUT2D eigenvalue weighted by atomic mass is 10.1. The van der Waals surface area contributed by atoms with Crippen LogP contribution in [0.4, 0.5) is 0 Å². The Bertz CT molecular complexity index is 627. The molecule has 0 atom stereocenters. The zero-order chi connectivity index (χ0) is 16.3. The Morgan fingerprint density at radius 3 is 1.32 bits per heavy atom. The van der Waals surface area contributed by atoms with Crippen molar-refractivity contribution in [2.24, 2.45) is 0 Å². The first-order valence-corrected chi connectivity index (χ1v) is 8.50. The summed E-state index contributed by atoms with van der Waals surface area (Å²) in [5.74, 6) is 1.05. The van der Waals surface area contributed by atoms with Crippen molar-refractivity contribution in [1.82, 2.24) is 0 Å². The number of phosphoric ester groups is 1. The normalized spacial score (nSPS) is 11.3. The van der Waals surface area contributed by atoms with Crippen molar-refractivity contribution < 1.29 is 18.1 Å². The van der Waals surface area contributed by atoms with Gasteiger partial charge in [0.05, 0.1) is 0 Å². The molecule has 0 aliphatic rings. The van der Waals surface area contributed by atoms with Crippen LogP contribution in [0, 0.1) is 27.7 Å². The van der Waals surface area contributed by atoms with Gasteiger partial charge in [-0.05, 0) is 49.9 Å². The number of aryl methyl sites for hydroxylation is 4. The van der Waals surface area contributed by atoms with Gasteiger partial charge in [0.1, 0.15) is 11.5 Å². The first kappa shape index (κ1) is 16.6. The molecule has 0 radical (unpaired) electrons. The summed E-state index contributed by atoms with van der Waals surface area (Å²) >= 11 is 0. The zero-order valence-corrected chi connectivity index (χ0v) is 14.4. The smallest absolute Gasteiger partial charge is 0.395 e. The molecule has 0 amide bonds. The number of benzene rings is 2. The minimum atomic E-state index is -3.75. The van der Waals surface area contributed by atoms with Crippen LogP contribution in [0.25, 0.3) is 0 Å². The Kier molecular flexibility index (Phi) is 4.94. The molecule has 0 bridgehead atoms. The molecule has 0 saturated carbocycles. The molecule has 22 heavy (non-hydrogen) atoms. The van der Waals surface area contributed by atoms with Gasteiger partial charge in [0.25, 0.3) is 0 Å². The molecule has 118 valence electrons. The lowest BCUT2D eigenvalue weighted by Gasteiger charge is -2.21. The molecule has 2 aromatic carbocycles. The van der Waals surface area contributed by atoms with Crippen LogP contribution in [0.5, 0.6) is 11.5 Å². The van der Waals surface area contributed by atoms with E-state index in [-0.39, 0.29) is 0 Å². The van der Waals surface area contributed by atoms with Crippen molar-refractivity contribution in [2.75, 3.05) is 7.11 Å². The van der Waals surface area contributed by atoms with Crippen LogP contribution < -0.4 is 9.05 Å². The van der Waals surface area contributed by atoms with Gasteiger partial charge in [-0.3, -0.25) is 4.52 Å². The summed E-state index contributed by atoms with van der Waals surface area (Å²) in [6, 6.07) is 11.4. The number of rotatable bonds is 5. The SMILES string of the molecule is COP(=O)(Oc1c(C)cccc1C)Oc1c(C)cccc1C. The van der Waals surface area contributed by atoms with Gasteiger partial charge in [0.2, 0.25) is 0 Å². The van der Waals surface area contributed by atoms with Crippen LogP contribution in [0.3, 0.4) is 0 Å². The lowest BCUT2D eigenvalue weighted by Crippen LogP contribution is -2.06. The van der Waals surface area contributed by atoms with E-state index in [1.807, 2.05) is 64.1 Å². The average Bonchev–Trinajstić information content (AvgIpc) is 2.47. The highest BCUT2D eigenvalue weighted by molar-refractivity contribution is 7.49. The maximum absolute atomic E-state index is 12.9. The molecule has 0 saturated heterocycles. The molecule has 0 fully saturated rings. The van der Waals surface area contributed by atoms with Gasteiger partial charge < -0.3 is 9.05 Å². The van der Waals surface area contributed by atoms with Crippen molar-refractivity contribution in [2.45, 2.75) is 27.7 Å². The third-order valence-electron chi connectivity index (χ3n) is 3.45.